The van der Waals surface area contributed by atoms with Crippen molar-refractivity contribution in [3.8, 4) is 0 Å². The number of carbonyl (C=O) groups excluding carboxylic acids is 1. The predicted molar refractivity (Wildman–Crippen MR) is 67.1 cm³/mol. The van der Waals surface area contributed by atoms with Gasteiger partial charge in [-0.3, -0.25) is 4.79 Å². The lowest BCUT2D eigenvalue weighted by Crippen LogP contribution is -2.52. The van der Waals surface area contributed by atoms with Crippen LogP contribution in [0.15, 0.2) is 24.3 Å². The van der Waals surface area contributed by atoms with Gasteiger partial charge in [-0.1, -0.05) is 24.3 Å². The van der Waals surface area contributed by atoms with Crippen LogP contribution in [0.3, 0.4) is 0 Å². The van der Waals surface area contributed by atoms with Gasteiger partial charge in [-0.05, 0) is 30.4 Å². The van der Waals surface area contributed by atoms with E-state index in [1.807, 2.05) is 12.1 Å². The molecular weight excluding hydrogens is 269 g/mol. The van der Waals surface area contributed by atoms with E-state index in [0.717, 1.165) is 17.5 Å². The summed E-state index contributed by atoms with van der Waals surface area (Å²) in [4.78, 5) is 12.2. The lowest BCUT2D eigenvalue weighted by Gasteiger charge is -2.29. The minimum atomic E-state index is -4.38. The van der Waals surface area contributed by atoms with E-state index in [1.54, 1.807) is 12.1 Å². The third-order valence-electron chi connectivity index (χ3n) is 4.03. The van der Waals surface area contributed by atoms with Crippen molar-refractivity contribution in [3.05, 3.63) is 35.4 Å². The summed E-state index contributed by atoms with van der Waals surface area (Å²) < 4.78 is 38.7. The Morgan fingerprint density at radius 1 is 1.30 bits per heavy atom. The maximum absolute atomic E-state index is 12.9. The van der Waals surface area contributed by atoms with Crippen molar-refractivity contribution in [2.24, 2.45) is 0 Å². The first-order valence-corrected chi connectivity index (χ1v) is 6.63. The molecule has 1 unspecified atom stereocenters. The second-order valence-corrected chi connectivity index (χ2v) is 5.41. The van der Waals surface area contributed by atoms with Gasteiger partial charge in [0.1, 0.15) is 11.6 Å². The third kappa shape index (κ3) is 2.18. The van der Waals surface area contributed by atoms with Crippen LogP contribution < -0.4 is 10.6 Å². The zero-order valence-corrected chi connectivity index (χ0v) is 10.8. The standard InChI is InChI=1S/C14H15F3N2O/c15-14(16,17)13(6-7-13)19-12(20)11-10-4-2-1-3-9(10)5-8-18-11/h1-4,11,18H,5-8H2,(H,19,20). The molecule has 2 N–H and O–H groups in total. The number of fused-ring (bicyclic) bond motifs is 1. The van der Waals surface area contributed by atoms with Crippen molar-refractivity contribution in [2.75, 3.05) is 6.54 Å². The van der Waals surface area contributed by atoms with Gasteiger partial charge in [-0.25, -0.2) is 0 Å². The first kappa shape index (κ1) is 13.4. The number of benzene rings is 1. The normalized spacial score (nSPS) is 23.9. The van der Waals surface area contributed by atoms with Gasteiger partial charge in [0, 0.05) is 6.54 Å². The Bertz CT molecular complexity index is 537. The van der Waals surface area contributed by atoms with Crippen LogP contribution in [0.5, 0.6) is 0 Å². The number of hydrogen-bond acceptors (Lipinski definition) is 2. The van der Waals surface area contributed by atoms with Crippen molar-refractivity contribution < 1.29 is 18.0 Å². The molecule has 108 valence electrons. The molecular formula is C14H15F3N2O. The molecule has 20 heavy (non-hydrogen) atoms. The molecule has 1 aliphatic carbocycles. The van der Waals surface area contributed by atoms with Gasteiger partial charge in [0.2, 0.25) is 5.91 Å². The molecule has 0 radical (unpaired) electrons. The first-order chi connectivity index (χ1) is 9.43. The van der Waals surface area contributed by atoms with Crippen molar-refractivity contribution in [3.63, 3.8) is 0 Å². The molecule has 3 nitrogen and oxygen atoms in total. The van der Waals surface area contributed by atoms with E-state index in [4.69, 9.17) is 0 Å². The molecule has 3 rings (SSSR count). The molecule has 1 aromatic rings. The number of nitrogens with one attached hydrogen (secondary N) is 2. The van der Waals surface area contributed by atoms with Gasteiger partial charge in [-0.2, -0.15) is 13.2 Å². The Morgan fingerprint density at radius 2 is 2.00 bits per heavy atom. The Morgan fingerprint density at radius 3 is 2.65 bits per heavy atom. The van der Waals surface area contributed by atoms with Crippen LogP contribution in [0, 0.1) is 0 Å². The summed E-state index contributed by atoms with van der Waals surface area (Å²) >= 11 is 0. The zero-order chi connectivity index (χ0) is 14.4. The van der Waals surface area contributed by atoms with Crippen LogP contribution in [0.2, 0.25) is 0 Å². The number of hydrogen-bond donors (Lipinski definition) is 2. The van der Waals surface area contributed by atoms with Gasteiger partial charge in [-0.15, -0.1) is 0 Å². The minimum Gasteiger partial charge on any atom is -0.340 e. The Hall–Kier alpha value is -1.56. The van der Waals surface area contributed by atoms with E-state index in [-0.39, 0.29) is 12.8 Å². The number of rotatable bonds is 2. The fraction of sp³-hybridized carbons (Fsp3) is 0.500. The van der Waals surface area contributed by atoms with E-state index in [1.165, 1.54) is 0 Å². The Kier molecular flexibility index (Phi) is 3.01. The van der Waals surface area contributed by atoms with Crippen LogP contribution in [0.25, 0.3) is 0 Å². The Labute approximate surface area is 114 Å². The van der Waals surface area contributed by atoms with Crippen LogP contribution in [-0.4, -0.2) is 24.2 Å². The largest absolute Gasteiger partial charge is 0.411 e. The molecule has 1 heterocycles. The highest BCUT2D eigenvalue weighted by atomic mass is 19.4. The molecule has 1 aliphatic heterocycles. The van der Waals surface area contributed by atoms with Gasteiger partial charge >= 0.3 is 6.18 Å². The second-order valence-electron chi connectivity index (χ2n) is 5.41. The summed E-state index contributed by atoms with van der Waals surface area (Å²) in [5.41, 5.74) is -0.212. The summed E-state index contributed by atoms with van der Waals surface area (Å²) in [5.74, 6) is -0.591. The van der Waals surface area contributed by atoms with Crippen molar-refractivity contribution in [1.29, 1.82) is 0 Å². The molecule has 6 heteroatoms. The molecule has 0 bridgehead atoms. The molecule has 1 aromatic carbocycles. The summed E-state index contributed by atoms with van der Waals surface area (Å²) in [7, 11) is 0. The van der Waals surface area contributed by atoms with E-state index in [2.05, 4.69) is 10.6 Å². The highest BCUT2D eigenvalue weighted by Gasteiger charge is 2.64. The fourth-order valence-electron chi connectivity index (χ4n) is 2.65. The molecule has 1 saturated carbocycles. The van der Waals surface area contributed by atoms with E-state index in [9.17, 15) is 18.0 Å². The van der Waals surface area contributed by atoms with Crippen LogP contribution in [0.4, 0.5) is 13.2 Å². The topological polar surface area (TPSA) is 41.1 Å². The summed E-state index contributed by atoms with van der Waals surface area (Å²) in [5, 5.41) is 5.19. The number of amides is 1. The lowest BCUT2D eigenvalue weighted by molar-refractivity contribution is -0.171. The minimum absolute atomic E-state index is 0.0311. The quantitative estimate of drug-likeness (QED) is 0.873. The van der Waals surface area contributed by atoms with Gasteiger partial charge in [0.05, 0.1) is 0 Å². The van der Waals surface area contributed by atoms with E-state index < -0.39 is 23.7 Å². The molecule has 2 aliphatic rings. The fourth-order valence-corrected chi connectivity index (χ4v) is 2.65. The molecule has 1 fully saturated rings. The average molecular weight is 284 g/mol. The monoisotopic (exact) mass is 284 g/mol. The first-order valence-electron chi connectivity index (χ1n) is 6.63. The summed E-state index contributed by atoms with van der Waals surface area (Å²) in [6.45, 7) is 0.591. The Balaban J connectivity index is 1.80. The number of halogens is 3. The van der Waals surface area contributed by atoms with Gasteiger partial charge in [0.15, 0.2) is 0 Å². The highest BCUT2D eigenvalue weighted by Crippen LogP contribution is 2.49. The third-order valence-corrected chi connectivity index (χ3v) is 4.03. The molecule has 1 amide bonds. The van der Waals surface area contributed by atoms with Crippen LogP contribution >= 0.6 is 0 Å². The highest BCUT2D eigenvalue weighted by molar-refractivity contribution is 5.85. The van der Waals surface area contributed by atoms with E-state index >= 15 is 0 Å². The van der Waals surface area contributed by atoms with Gasteiger partial charge in [0.25, 0.3) is 0 Å². The predicted octanol–water partition coefficient (Wildman–Crippen LogP) is 2.08. The number of alkyl halides is 3. The smallest absolute Gasteiger partial charge is 0.340 e. The summed E-state index contributed by atoms with van der Waals surface area (Å²) in [6.07, 6.45) is -3.66. The zero-order valence-electron chi connectivity index (χ0n) is 10.8. The second kappa shape index (κ2) is 4.48. The van der Waals surface area contributed by atoms with Crippen LogP contribution in [-0.2, 0) is 11.2 Å². The maximum Gasteiger partial charge on any atom is 0.411 e. The van der Waals surface area contributed by atoms with Crippen molar-refractivity contribution >= 4 is 5.91 Å². The average Bonchev–Trinajstić information content (AvgIpc) is 3.18. The lowest BCUT2D eigenvalue weighted by atomic mass is 9.93. The van der Waals surface area contributed by atoms with Crippen molar-refractivity contribution in [2.45, 2.75) is 37.0 Å². The molecule has 0 spiro atoms. The van der Waals surface area contributed by atoms with Crippen LogP contribution in [0.1, 0.15) is 30.0 Å². The summed E-state index contributed by atoms with van der Waals surface area (Å²) in [6, 6.07) is 6.67. The van der Waals surface area contributed by atoms with E-state index in [0.29, 0.717) is 6.54 Å². The molecule has 0 saturated heterocycles. The van der Waals surface area contributed by atoms with Crippen molar-refractivity contribution in [1.82, 2.24) is 10.6 Å². The SMILES string of the molecule is O=C(NC1(C(F)(F)F)CC1)C1NCCc2ccccc21. The maximum atomic E-state index is 12.9. The molecule has 1 atom stereocenters. The number of carbonyl (C=O) groups is 1. The molecule has 0 aromatic heterocycles. The van der Waals surface area contributed by atoms with Gasteiger partial charge < -0.3 is 10.6 Å².